The molecule has 0 unspecified atom stereocenters. The van der Waals surface area contributed by atoms with E-state index in [2.05, 4.69) is 20.4 Å². The standard InChI is InChI=1S/C12H11N5O2/c18-11(16-12-13-5-6-14-12)10-3-2-9(19-10)8-17-7-1-4-15-17/h1-7H,8H2,(H2,13,14,16,18). The Hall–Kier alpha value is -2.83. The lowest BCUT2D eigenvalue weighted by Crippen LogP contribution is -2.11. The number of amides is 1. The van der Waals surface area contributed by atoms with Crippen LogP contribution in [0.5, 0.6) is 0 Å². The lowest BCUT2D eigenvalue weighted by Gasteiger charge is -1.99. The van der Waals surface area contributed by atoms with Gasteiger partial charge in [-0.3, -0.25) is 14.8 Å². The van der Waals surface area contributed by atoms with Crippen LogP contribution < -0.4 is 5.32 Å². The minimum atomic E-state index is -0.346. The molecule has 0 aliphatic carbocycles. The number of nitrogens with one attached hydrogen (secondary N) is 2. The Labute approximate surface area is 108 Å². The highest BCUT2D eigenvalue weighted by atomic mass is 16.4. The monoisotopic (exact) mass is 257 g/mol. The van der Waals surface area contributed by atoms with E-state index in [1.165, 1.54) is 0 Å². The Balaban J connectivity index is 1.69. The number of H-pyrrole nitrogens is 1. The van der Waals surface area contributed by atoms with Gasteiger partial charge in [0.05, 0.1) is 6.54 Å². The molecule has 19 heavy (non-hydrogen) atoms. The van der Waals surface area contributed by atoms with Crippen molar-refractivity contribution < 1.29 is 9.21 Å². The van der Waals surface area contributed by atoms with E-state index in [1.54, 1.807) is 35.4 Å². The first-order valence-corrected chi connectivity index (χ1v) is 5.68. The lowest BCUT2D eigenvalue weighted by molar-refractivity contribution is 0.0994. The molecule has 0 aliphatic heterocycles. The molecule has 7 heteroatoms. The highest BCUT2D eigenvalue weighted by Crippen LogP contribution is 2.11. The Morgan fingerprint density at radius 1 is 1.42 bits per heavy atom. The summed E-state index contributed by atoms with van der Waals surface area (Å²) in [6.07, 6.45) is 6.69. The van der Waals surface area contributed by atoms with E-state index in [9.17, 15) is 4.79 Å². The highest BCUT2D eigenvalue weighted by Gasteiger charge is 2.12. The van der Waals surface area contributed by atoms with E-state index >= 15 is 0 Å². The first kappa shape index (κ1) is 11.3. The molecule has 2 N–H and O–H groups in total. The smallest absolute Gasteiger partial charge is 0.293 e. The lowest BCUT2D eigenvalue weighted by atomic mass is 10.4. The summed E-state index contributed by atoms with van der Waals surface area (Å²) in [5.74, 6) is 0.934. The van der Waals surface area contributed by atoms with Crippen molar-refractivity contribution in [1.82, 2.24) is 19.7 Å². The summed E-state index contributed by atoms with van der Waals surface area (Å²) < 4.78 is 7.17. The molecule has 7 nitrogen and oxygen atoms in total. The van der Waals surface area contributed by atoms with Gasteiger partial charge < -0.3 is 9.40 Å². The Bertz CT molecular complexity index is 654. The Kier molecular flexibility index (Phi) is 2.85. The first-order valence-electron chi connectivity index (χ1n) is 5.68. The van der Waals surface area contributed by atoms with Crippen LogP contribution in [0, 0.1) is 0 Å². The first-order chi connectivity index (χ1) is 9.31. The third-order valence-corrected chi connectivity index (χ3v) is 2.49. The van der Waals surface area contributed by atoms with Crippen molar-refractivity contribution in [1.29, 1.82) is 0 Å². The largest absolute Gasteiger partial charge is 0.454 e. The third kappa shape index (κ3) is 2.54. The average Bonchev–Trinajstić information content (AvgIpc) is 3.10. The number of carbonyl (C=O) groups excluding carboxylic acids is 1. The number of rotatable bonds is 4. The maximum absolute atomic E-state index is 11.8. The molecule has 3 aromatic rings. The van der Waals surface area contributed by atoms with Gasteiger partial charge in [-0.25, -0.2) is 4.98 Å². The van der Waals surface area contributed by atoms with Gasteiger partial charge >= 0.3 is 0 Å². The van der Waals surface area contributed by atoms with Crippen molar-refractivity contribution in [2.75, 3.05) is 5.32 Å². The van der Waals surface area contributed by atoms with Crippen LogP contribution in [-0.2, 0) is 6.54 Å². The molecule has 0 spiro atoms. The van der Waals surface area contributed by atoms with E-state index in [-0.39, 0.29) is 11.7 Å². The van der Waals surface area contributed by atoms with Gasteiger partial charge in [0.2, 0.25) is 5.95 Å². The zero-order valence-electron chi connectivity index (χ0n) is 9.91. The second-order valence-corrected chi connectivity index (χ2v) is 3.86. The number of nitrogens with zero attached hydrogens (tertiary/aromatic N) is 3. The van der Waals surface area contributed by atoms with Gasteiger partial charge in [-0.15, -0.1) is 0 Å². The van der Waals surface area contributed by atoms with E-state index in [0.29, 0.717) is 18.3 Å². The summed E-state index contributed by atoms with van der Waals surface area (Å²) >= 11 is 0. The minimum Gasteiger partial charge on any atom is -0.454 e. The highest BCUT2D eigenvalue weighted by molar-refractivity contribution is 6.01. The summed E-state index contributed by atoms with van der Waals surface area (Å²) in [5, 5.41) is 6.66. The number of anilines is 1. The fourth-order valence-electron chi connectivity index (χ4n) is 1.64. The van der Waals surface area contributed by atoms with Crippen molar-refractivity contribution in [3.63, 3.8) is 0 Å². The normalized spacial score (nSPS) is 10.5. The Morgan fingerprint density at radius 2 is 2.37 bits per heavy atom. The molecule has 1 amide bonds. The zero-order chi connectivity index (χ0) is 13.1. The van der Waals surface area contributed by atoms with Gasteiger partial charge in [0.1, 0.15) is 5.76 Å². The van der Waals surface area contributed by atoms with Gasteiger partial charge in [0, 0.05) is 24.8 Å². The van der Waals surface area contributed by atoms with Crippen LogP contribution in [0.25, 0.3) is 0 Å². The van der Waals surface area contributed by atoms with Crippen LogP contribution >= 0.6 is 0 Å². The zero-order valence-corrected chi connectivity index (χ0v) is 9.91. The number of imidazole rings is 1. The van der Waals surface area contributed by atoms with Gasteiger partial charge in [0.15, 0.2) is 5.76 Å². The molecule has 3 rings (SSSR count). The minimum absolute atomic E-state index is 0.235. The molecule has 0 saturated carbocycles. The number of furan rings is 1. The van der Waals surface area contributed by atoms with Crippen molar-refractivity contribution in [3.8, 4) is 0 Å². The summed E-state index contributed by atoms with van der Waals surface area (Å²) in [4.78, 5) is 18.5. The maximum Gasteiger partial charge on any atom is 0.293 e. The van der Waals surface area contributed by atoms with Crippen LogP contribution in [0.3, 0.4) is 0 Å². The topological polar surface area (TPSA) is 88.7 Å². The molecule has 0 radical (unpaired) electrons. The number of hydrogen-bond acceptors (Lipinski definition) is 4. The van der Waals surface area contributed by atoms with Gasteiger partial charge in [-0.05, 0) is 18.2 Å². The van der Waals surface area contributed by atoms with Crippen LogP contribution in [0.1, 0.15) is 16.3 Å². The van der Waals surface area contributed by atoms with Crippen molar-refractivity contribution in [3.05, 3.63) is 54.5 Å². The second kappa shape index (κ2) is 4.81. The van der Waals surface area contributed by atoms with Crippen LogP contribution in [-0.4, -0.2) is 25.7 Å². The molecule has 0 fully saturated rings. The number of carbonyl (C=O) groups is 1. The molecule has 96 valence electrons. The molecule has 3 aromatic heterocycles. The fourth-order valence-corrected chi connectivity index (χ4v) is 1.64. The Morgan fingerprint density at radius 3 is 3.11 bits per heavy atom. The predicted molar refractivity (Wildman–Crippen MR) is 66.6 cm³/mol. The van der Waals surface area contributed by atoms with E-state index in [4.69, 9.17) is 4.42 Å². The van der Waals surface area contributed by atoms with E-state index in [0.717, 1.165) is 0 Å². The van der Waals surface area contributed by atoms with Crippen molar-refractivity contribution >= 4 is 11.9 Å². The van der Waals surface area contributed by atoms with Gasteiger partial charge in [-0.2, -0.15) is 5.10 Å². The predicted octanol–water partition coefficient (Wildman–Crippen LogP) is 1.50. The molecule has 0 bridgehead atoms. The van der Waals surface area contributed by atoms with Gasteiger partial charge in [-0.1, -0.05) is 0 Å². The van der Waals surface area contributed by atoms with E-state index in [1.807, 2.05) is 12.3 Å². The molecule has 0 aliphatic rings. The van der Waals surface area contributed by atoms with Crippen molar-refractivity contribution in [2.45, 2.75) is 6.54 Å². The van der Waals surface area contributed by atoms with Crippen LogP contribution in [0.2, 0.25) is 0 Å². The molecular formula is C12H11N5O2. The quantitative estimate of drug-likeness (QED) is 0.741. The summed E-state index contributed by atoms with van der Waals surface area (Å²) in [6.45, 7) is 0.487. The molecule has 0 atom stereocenters. The maximum atomic E-state index is 11.8. The summed E-state index contributed by atoms with van der Waals surface area (Å²) in [5.41, 5.74) is 0. The number of aromatic amines is 1. The van der Waals surface area contributed by atoms with Gasteiger partial charge in [0.25, 0.3) is 5.91 Å². The summed E-state index contributed by atoms with van der Waals surface area (Å²) in [7, 11) is 0. The average molecular weight is 257 g/mol. The van der Waals surface area contributed by atoms with Crippen molar-refractivity contribution in [2.24, 2.45) is 0 Å². The van der Waals surface area contributed by atoms with E-state index < -0.39 is 0 Å². The van der Waals surface area contributed by atoms with Crippen LogP contribution in [0.4, 0.5) is 5.95 Å². The molecule has 0 aromatic carbocycles. The summed E-state index contributed by atoms with van der Waals surface area (Å²) in [6, 6.07) is 5.20. The van der Waals surface area contributed by atoms with Crippen LogP contribution in [0.15, 0.2) is 47.4 Å². The third-order valence-electron chi connectivity index (χ3n) is 2.49. The molecule has 3 heterocycles. The molecular weight excluding hydrogens is 246 g/mol. The number of aromatic nitrogens is 4. The fraction of sp³-hybridized carbons (Fsp3) is 0.0833. The number of hydrogen-bond donors (Lipinski definition) is 2. The second-order valence-electron chi connectivity index (χ2n) is 3.86. The molecule has 0 saturated heterocycles. The SMILES string of the molecule is O=C(Nc1ncc[nH]1)c1ccc(Cn2cccn2)o1.